The van der Waals surface area contributed by atoms with Crippen molar-refractivity contribution in [1.82, 2.24) is 0 Å². The van der Waals surface area contributed by atoms with E-state index in [1.54, 1.807) is 0 Å². The smallest absolute Gasteiger partial charge is 0.412 e. The third kappa shape index (κ3) is 5210. The highest BCUT2D eigenvalue weighted by atomic mass is 28.5. The van der Waals surface area contributed by atoms with E-state index in [0.717, 1.165) is 0 Å². The number of hydrogen-bond donors (Lipinski definition) is 0. The molecule has 0 saturated carbocycles. The Balaban J connectivity index is -0.0000000133. The van der Waals surface area contributed by atoms with E-state index in [-0.39, 0.29) is 21.9 Å². The number of hydrogen-bond acceptors (Lipinski definition) is 0. The van der Waals surface area contributed by atoms with E-state index < -0.39 is 9.41 Å². The second-order valence-corrected chi connectivity index (χ2v) is 1.29. The highest BCUT2D eigenvalue weighted by molar-refractivity contribution is 6.50. The Kier molecular flexibility index (Phi) is 44.3. The summed E-state index contributed by atoms with van der Waals surface area (Å²) in [6.45, 7) is 0. The van der Waals surface area contributed by atoms with E-state index in [1.807, 2.05) is 0 Å². The van der Waals surface area contributed by atoms with Crippen LogP contribution >= 0.6 is 0 Å². The summed E-state index contributed by atoms with van der Waals surface area (Å²) in [6.07, 6.45) is 0. The highest BCUT2D eigenvalue weighted by Crippen LogP contribution is 2.06. The third-order valence-corrected chi connectivity index (χ3v) is 0. The minimum absolute atomic E-state index is 0. The van der Waals surface area contributed by atoms with Gasteiger partial charge in [-0.3, -0.25) is 0 Å². The minimum Gasteiger partial charge on any atom is -0.412 e. The lowest BCUT2D eigenvalue weighted by molar-refractivity contribution is 0.368. The lowest BCUT2D eigenvalue weighted by Gasteiger charge is -1.75. The Labute approximate surface area is 49.0 Å². The molecule has 0 aromatic carbocycles. The topological polar surface area (TPSA) is 126 Å². The summed E-state index contributed by atoms with van der Waals surface area (Å²) in [7, 11) is -6.61. The Hall–Kier alpha value is -0.223. The van der Waals surface area contributed by atoms with Gasteiger partial charge in [0.1, 0.15) is 0 Å². The summed E-state index contributed by atoms with van der Waals surface area (Å²) in [5, 5.41) is 0. The van der Waals surface area contributed by atoms with Crippen molar-refractivity contribution in [2.75, 3.05) is 0 Å². The Bertz CT molecular complexity index is 28.0. The molecule has 0 amide bonds. The molecule has 0 radical (unpaired) electrons. The van der Waals surface area contributed by atoms with Crippen LogP contribution in [0.2, 0.25) is 0 Å². The fourth-order valence-electron chi connectivity index (χ4n) is 0. The van der Waals surface area contributed by atoms with Gasteiger partial charge in [0.05, 0.1) is 0 Å². The maximum atomic E-state index is 9.83. The Morgan fingerprint density at radius 3 is 0.556 bits per heavy atom. The average molecular weight is 176 g/mol. The van der Waals surface area contributed by atoms with E-state index in [4.69, 9.17) is 0 Å². The lowest BCUT2D eigenvalue weighted by atomic mass is 16.0. The molecule has 9 heteroatoms. The zero-order chi connectivity index (χ0) is 4.50. The fraction of sp³-hybridized carbons (Fsp3) is 0. The van der Waals surface area contributed by atoms with Gasteiger partial charge < -0.3 is 21.9 Å². The van der Waals surface area contributed by atoms with Gasteiger partial charge in [-0.2, -0.15) is 0 Å². The van der Waals surface area contributed by atoms with Crippen LogP contribution in [0.1, 0.15) is 0 Å². The van der Waals surface area contributed by atoms with Gasteiger partial charge in [-0.25, -0.2) is 16.4 Å². The fourth-order valence-corrected chi connectivity index (χ4v) is 0. The Morgan fingerprint density at radius 2 is 0.556 bits per heavy atom. The average Bonchev–Trinajstić information content (AvgIpc) is 0.722. The Morgan fingerprint density at radius 1 is 0.556 bits per heavy atom. The predicted molar refractivity (Wildman–Crippen MR) is 24.6 cm³/mol. The molecule has 4 nitrogen and oxygen atoms in total. The molecule has 0 aliphatic rings. The molecule has 9 heavy (non-hydrogen) atoms. The van der Waals surface area contributed by atoms with E-state index in [9.17, 15) is 16.4 Å². The molecule has 0 unspecified atom stereocenters. The maximum Gasteiger partial charge on any atom is 0.844 e. The zero-order valence-corrected chi connectivity index (χ0v) is 5.01. The molecule has 0 heterocycles. The molecule has 0 aliphatic carbocycles. The molecule has 0 saturated heterocycles. The SMILES string of the molecule is F[Si](F)(F)F.O.O.O.O. The van der Waals surface area contributed by atoms with Gasteiger partial charge in [-0.15, -0.1) is 0 Å². The number of rotatable bonds is 0. The van der Waals surface area contributed by atoms with Crippen LogP contribution in [0.15, 0.2) is 0 Å². The molecular weight excluding hydrogens is 168 g/mol. The summed E-state index contributed by atoms with van der Waals surface area (Å²) in [5.74, 6) is 0. The first-order chi connectivity index (χ1) is 2.00. The molecule has 0 spiro atoms. The van der Waals surface area contributed by atoms with E-state index >= 15 is 0 Å². The summed E-state index contributed by atoms with van der Waals surface area (Å²) in [4.78, 5) is 0. The van der Waals surface area contributed by atoms with E-state index in [1.165, 1.54) is 0 Å². The van der Waals surface area contributed by atoms with Crippen LogP contribution in [0, 0.1) is 0 Å². The van der Waals surface area contributed by atoms with Gasteiger partial charge in [0, 0.05) is 0 Å². The molecule has 0 aromatic heterocycles. The molecule has 64 valence electrons. The van der Waals surface area contributed by atoms with Crippen molar-refractivity contribution in [3.8, 4) is 0 Å². The minimum atomic E-state index is -6.61. The molecule has 0 fully saturated rings. The second-order valence-electron chi connectivity index (χ2n) is 0.429. The van der Waals surface area contributed by atoms with Crippen molar-refractivity contribution in [2.24, 2.45) is 0 Å². The normalized spacial score (nSPS) is 6.67. The van der Waals surface area contributed by atoms with Crippen molar-refractivity contribution >= 4 is 9.41 Å². The van der Waals surface area contributed by atoms with Crippen molar-refractivity contribution < 1.29 is 38.3 Å². The van der Waals surface area contributed by atoms with Crippen LogP contribution in [0.5, 0.6) is 0 Å². The summed E-state index contributed by atoms with van der Waals surface area (Å²) in [5.41, 5.74) is 0. The largest absolute Gasteiger partial charge is 0.844 e. The van der Waals surface area contributed by atoms with Crippen molar-refractivity contribution in [3.63, 3.8) is 0 Å². The third-order valence-electron chi connectivity index (χ3n) is 0. The van der Waals surface area contributed by atoms with Crippen molar-refractivity contribution in [2.45, 2.75) is 0 Å². The molecule has 0 rings (SSSR count). The monoisotopic (exact) mass is 176 g/mol. The van der Waals surface area contributed by atoms with Crippen LogP contribution in [0.3, 0.4) is 0 Å². The van der Waals surface area contributed by atoms with Crippen molar-refractivity contribution in [3.05, 3.63) is 0 Å². The lowest BCUT2D eigenvalue weighted by Crippen LogP contribution is -2.02. The molecule has 0 bridgehead atoms. The van der Waals surface area contributed by atoms with E-state index in [2.05, 4.69) is 0 Å². The van der Waals surface area contributed by atoms with Crippen LogP contribution in [0.25, 0.3) is 0 Å². The van der Waals surface area contributed by atoms with Gasteiger partial charge in [0.15, 0.2) is 0 Å². The van der Waals surface area contributed by atoms with Gasteiger partial charge in [0.2, 0.25) is 0 Å². The first-order valence-corrected chi connectivity index (χ1v) is 2.27. The first kappa shape index (κ1) is 37.2. The summed E-state index contributed by atoms with van der Waals surface area (Å²) >= 11 is 0. The first-order valence-electron chi connectivity index (χ1n) is 0.756. The zero-order valence-electron chi connectivity index (χ0n) is 4.01. The second kappa shape index (κ2) is 10.7. The molecule has 8 N–H and O–H groups in total. The van der Waals surface area contributed by atoms with E-state index in [0.29, 0.717) is 0 Å². The standard InChI is InChI=1S/F4Si.4H2O/c1-5(2,3)4;;;;/h;4*1H2. The highest BCUT2D eigenvalue weighted by Gasteiger charge is 2.39. The van der Waals surface area contributed by atoms with Crippen molar-refractivity contribution in [1.29, 1.82) is 0 Å². The van der Waals surface area contributed by atoms with Crippen LogP contribution in [0.4, 0.5) is 16.4 Å². The van der Waals surface area contributed by atoms with Gasteiger partial charge in [-0.1, -0.05) is 0 Å². The van der Waals surface area contributed by atoms with Crippen LogP contribution in [-0.4, -0.2) is 31.3 Å². The molecule has 0 atom stereocenters. The summed E-state index contributed by atoms with van der Waals surface area (Å²) < 4.78 is 39.3. The molecule has 0 aliphatic heterocycles. The maximum absolute atomic E-state index is 9.83. The molecular formula is H8F4O4Si. The van der Waals surface area contributed by atoms with Crippen LogP contribution in [-0.2, 0) is 0 Å². The predicted octanol–water partition coefficient (Wildman–Crippen LogP) is -2.00. The van der Waals surface area contributed by atoms with Crippen LogP contribution < -0.4 is 0 Å². The van der Waals surface area contributed by atoms with Gasteiger partial charge in [0.25, 0.3) is 0 Å². The molecule has 0 aromatic rings. The quantitative estimate of drug-likeness (QED) is 0.230. The summed E-state index contributed by atoms with van der Waals surface area (Å²) in [6, 6.07) is 0. The number of halogens is 4. The van der Waals surface area contributed by atoms with Gasteiger partial charge >= 0.3 is 9.41 Å². The van der Waals surface area contributed by atoms with Gasteiger partial charge in [-0.05, 0) is 0 Å².